The van der Waals surface area contributed by atoms with E-state index in [-0.39, 0.29) is 12.5 Å². The van der Waals surface area contributed by atoms with E-state index in [2.05, 4.69) is 6.92 Å². The van der Waals surface area contributed by atoms with Crippen molar-refractivity contribution in [2.24, 2.45) is 0 Å². The van der Waals surface area contributed by atoms with Gasteiger partial charge in [0.25, 0.3) is 5.91 Å². The van der Waals surface area contributed by atoms with Crippen LogP contribution in [0.4, 0.5) is 0 Å². The maximum atomic E-state index is 12.4. The number of rotatable bonds is 4. The van der Waals surface area contributed by atoms with E-state index in [1.54, 1.807) is 12.1 Å². The van der Waals surface area contributed by atoms with Gasteiger partial charge >= 0.3 is 0 Å². The first-order valence-corrected chi connectivity index (χ1v) is 8.79. The van der Waals surface area contributed by atoms with Crippen LogP contribution in [0.25, 0.3) is 0 Å². The van der Waals surface area contributed by atoms with Crippen molar-refractivity contribution < 1.29 is 14.6 Å². The lowest BCUT2D eigenvalue weighted by Gasteiger charge is -2.32. The molecule has 1 aliphatic heterocycles. The molecule has 132 valence electrons. The Labute approximate surface area is 149 Å². The third-order valence-corrected chi connectivity index (χ3v) is 5.05. The molecule has 1 amide bonds. The fourth-order valence-corrected chi connectivity index (χ4v) is 3.25. The number of aromatic hydroxyl groups is 1. The smallest absolute Gasteiger partial charge is 0.260 e. The molecular formula is C21H25NO3. The molecule has 0 spiro atoms. The minimum absolute atomic E-state index is 0.0439. The van der Waals surface area contributed by atoms with Crippen LogP contribution >= 0.6 is 0 Å². The van der Waals surface area contributed by atoms with Gasteiger partial charge in [0.05, 0.1) is 0 Å². The second-order valence-electron chi connectivity index (χ2n) is 6.78. The molecule has 1 heterocycles. The fraction of sp³-hybridized carbons (Fsp3) is 0.381. The number of carbonyl (C=O) groups excluding carboxylic acids is 1. The highest BCUT2D eigenvalue weighted by molar-refractivity contribution is 5.77. The molecule has 1 saturated heterocycles. The van der Waals surface area contributed by atoms with Gasteiger partial charge in [0.2, 0.25) is 0 Å². The van der Waals surface area contributed by atoms with Crippen molar-refractivity contribution >= 4 is 5.91 Å². The monoisotopic (exact) mass is 339 g/mol. The first kappa shape index (κ1) is 17.3. The zero-order valence-electron chi connectivity index (χ0n) is 14.9. The summed E-state index contributed by atoms with van der Waals surface area (Å²) in [6.45, 7) is 5.69. The zero-order valence-corrected chi connectivity index (χ0v) is 14.9. The van der Waals surface area contributed by atoms with Crippen molar-refractivity contribution in [3.05, 3.63) is 59.2 Å². The standard InChI is InChI=1S/C21H25NO3/c1-15-3-8-20(13-16(15)2)25-14-21(24)22-11-9-18(10-12-22)17-4-6-19(23)7-5-17/h3-8,13,18,23H,9-12,14H2,1-2H3. The topological polar surface area (TPSA) is 49.8 Å². The van der Waals surface area contributed by atoms with Gasteiger partial charge < -0.3 is 14.7 Å². The maximum Gasteiger partial charge on any atom is 0.260 e. The number of phenols is 1. The molecule has 4 nitrogen and oxygen atoms in total. The number of amides is 1. The van der Waals surface area contributed by atoms with Gasteiger partial charge in [0.15, 0.2) is 6.61 Å². The Hall–Kier alpha value is -2.49. The first-order chi connectivity index (χ1) is 12.0. The van der Waals surface area contributed by atoms with E-state index in [0.29, 0.717) is 11.7 Å². The Kier molecular flexibility index (Phi) is 5.27. The SMILES string of the molecule is Cc1ccc(OCC(=O)N2CCC(c3ccc(O)cc3)CC2)cc1C. The number of phenolic OH excluding ortho intramolecular Hbond substituents is 1. The lowest BCUT2D eigenvalue weighted by Crippen LogP contribution is -2.40. The molecule has 1 N–H and O–H groups in total. The second kappa shape index (κ2) is 7.60. The third-order valence-electron chi connectivity index (χ3n) is 5.05. The van der Waals surface area contributed by atoms with Crippen molar-refractivity contribution in [1.29, 1.82) is 0 Å². The molecule has 1 fully saturated rings. The van der Waals surface area contributed by atoms with Crippen LogP contribution in [-0.4, -0.2) is 35.6 Å². The highest BCUT2D eigenvalue weighted by Gasteiger charge is 2.24. The number of piperidine rings is 1. The van der Waals surface area contributed by atoms with E-state index in [1.165, 1.54) is 16.7 Å². The van der Waals surface area contributed by atoms with E-state index in [0.717, 1.165) is 31.7 Å². The van der Waals surface area contributed by atoms with Crippen LogP contribution in [0.5, 0.6) is 11.5 Å². The molecule has 1 aliphatic rings. The number of hydrogen-bond donors (Lipinski definition) is 1. The predicted molar refractivity (Wildman–Crippen MR) is 98.1 cm³/mol. The number of likely N-dealkylation sites (tertiary alicyclic amines) is 1. The van der Waals surface area contributed by atoms with E-state index >= 15 is 0 Å². The lowest BCUT2D eigenvalue weighted by atomic mass is 9.89. The minimum Gasteiger partial charge on any atom is -0.508 e. The Morgan fingerprint density at radius 3 is 2.40 bits per heavy atom. The van der Waals surface area contributed by atoms with E-state index in [1.807, 2.05) is 42.2 Å². The number of carbonyl (C=O) groups is 1. The Morgan fingerprint density at radius 2 is 1.76 bits per heavy atom. The van der Waals surface area contributed by atoms with Gasteiger partial charge in [-0.15, -0.1) is 0 Å². The summed E-state index contributed by atoms with van der Waals surface area (Å²) in [5, 5.41) is 9.39. The minimum atomic E-state index is 0.0439. The number of nitrogens with zero attached hydrogens (tertiary/aromatic N) is 1. The molecule has 0 atom stereocenters. The highest BCUT2D eigenvalue weighted by Crippen LogP contribution is 2.29. The summed E-state index contributed by atoms with van der Waals surface area (Å²) in [5.74, 6) is 1.53. The molecule has 2 aromatic carbocycles. The van der Waals surface area contributed by atoms with Gasteiger partial charge in [0, 0.05) is 13.1 Å². The quantitative estimate of drug-likeness (QED) is 0.922. The van der Waals surface area contributed by atoms with Crippen LogP contribution < -0.4 is 4.74 Å². The number of hydrogen-bond acceptors (Lipinski definition) is 3. The van der Waals surface area contributed by atoms with Gasteiger partial charge in [-0.05, 0) is 73.6 Å². The second-order valence-corrected chi connectivity index (χ2v) is 6.78. The summed E-state index contributed by atoms with van der Waals surface area (Å²) < 4.78 is 5.66. The van der Waals surface area contributed by atoms with Crippen LogP contribution in [0.2, 0.25) is 0 Å². The molecule has 25 heavy (non-hydrogen) atoms. The molecule has 0 bridgehead atoms. The van der Waals surface area contributed by atoms with Crippen molar-refractivity contribution in [2.75, 3.05) is 19.7 Å². The highest BCUT2D eigenvalue weighted by atomic mass is 16.5. The van der Waals surface area contributed by atoms with Gasteiger partial charge in [-0.3, -0.25) is 4.79 Å². The lowest BCUT2D eigenvalue weighted by molar-refractivity contribution is -0.134. The fourth-order valence-electron chi connectivity index (χ4n) is 3.25. The summed E-state index contributed by atoms with van der Waals surface area (Å²) in [4.78, 5) is 14.3. The van der Waals surface area contributed by atoms with Crippen molar-refractivity contribution in [2.45, 2.75) is 32.6 Å². The molecule has 0 radical (unpaired) electrons. The van der Waals surface area contributed by atoms with Gasteiger partial charge in [0.1, 0.15) is 11.5 Å². The third kappa shape index (κ3) is 4.32. The molecule has 0 aliphatic carbocycles. The van der Waals surface area contributed by atoms with E-state index in [9.17, 15) is 9.90 Å². The zero-order chi connectivity index (χ0) is 17.8. The summed E-state index contributed by atoms with van der Waals surface area (Å²) in [7, 11) is 0. The summed E-state index contributed by atoms with van der Waals surface area (Å²) in [6, 6.07) is 13.3. The van der Waals surface area contributed by atoms with Gasteiger partial charge in [-0.2, -0.15) is 0 Å². The average molecular weight is 339 g/mol. The maximum absolute atomic E-state index is 12.4. The normalized spacial score (nSPS) is 15.2. The number of ether oxygens (including phenoxy) is 1. The summed E-state index contributed by atoms with van der Waals surface area (Å²) in [6.07, 6.45) is 1.89. The first-order valence-electron chi connectivity index (χ1n) is 8.79. The van der Waals surface area contributed by atoms with Crippen LogP contribution in [0.15, 0.2) is 42.5 Å². The number of benzene rings is 2. The predicted octanol–water partition coefficient (Wildman–Crippen LogP) is 3.79. The van der Waals surface area contributed by atoms with Crippen LogP contribution in [0.1, 0.15) is 35.4 Å². The molecule has 3 rings (SSSR count). The van der Waals surface area contributed by atoms with Crippen molar-refractivity contribution in [1.82, 2.24) is 4.90 Å². The molecular weight excluding hydrogens is 314 g/mol. The summed E-state index contributed by atoms with van der Waals surface area (Å²) in [5.41, 5.74) is 3.62. The Balaban J connectivity index is 1.49. The van der Waals surface area contributed by atoms with E-state index < -0.39 is 0 Å². The molecule has 0 aromatic heterocycles. The Morgan fingerprint density at radius 1 is 1.08 bits per heavy atom. The van der Waals surface area contributed by atoms with Crippen molar-refractivity contribution in [3.8, 4) is 11.5 Å². The van der Waals surface area contributed by atoms with Crippen LogP contribution in [0, 0.1) is 13.8 Å². The van der Waals surface area contributed by atoms with Gasteiger partial charge in [-0.1, -0.05) is 18.2 Å². The number of aryl methyl sites for hydroxylation is 2. The van der Waals surface area contributed by atoms with E-state index in [4.69, 9.17) is 4.74 Å². The van der Waals surface area contributed by atoms with Crippen LogP contribution in [0.3, 0.4) is 0 Å². The molecule has 2 aromatic rings. The average Bonchev–Trinajstić information content (AvgIpc) is 2.63. The van der Waals surface area contributed by atoms with Crippen LogP contribution in [-0.2, 0) is 4.79 Å². The Bertz CT molecular complexity index is 731. The van der Waals surface area contributed by atoms with Gasteiger partial charge in [-0.25, -0.2) is 0 Å². The summed E-state index contributed by atoms with van der Waals surface area (Å²) >= 11 is 0. The molecule has 4 heteroatoms. The largest absolute Gasteiger partial charge is 0.508 e. The molecule has 0 saturated carbocycles. The van der Waals surface area contributed by atoms with Crippen molar-refractivity contribution in [3.63, 3.8) is 0 Å². The molecule has 0 unspecified atom stereocenters.